The third-order valence-corrected chi connectivity index (χ3v) is 8.24. The number of hydrogen-bond acceptors (Lipinski definition) is 17. The first-order valence-electron chi connectivity index (χ1n) is 19.7. The summed E-state index contributed by atoms with van der Waals surface area (Å²) < 4.78 is 38.7. The molecule has 0 radical (unpaired) electrons. The number of nitrogens with zero attached hydrogens (tertiary/aromatic N) is 1. The lowest BCUT2D eigenvalue weighted by Crippen LogP contribution is -2.42. The number of nitrogens with one attached hydrogen (secondary N) is 3. The second-order valence-corrected chi connectivity index (χ2v) is 13.0. The van der Waals surface area contributed by atoms with Gasteiger partial charge in [0.15, 0.2) is 0 Å². The molecule has 3 unspecified atom stereocenters. The number of aromatic hydroxyl groups is 1. The van der Waals surface area contributed by atoms with E-state index in [1.165, 1.54) is 11.1 Å². The third kappa shape index (κ3) is 28.8. The van der Waals surface area contributed by atoms with Crippen molar-refractivity contribution in [3.63, 3.8) is 0 Å². The van der Waals surface area contributed by atoms with Crippen molar-refractivity contribution in [1.29, 1.82) is 5.41 Å². The third-order valence-electron chi connectivity index (χ3n) is 8.24. The zero-order valence-electron chi connectivity index (χ0n) is 34.0. The highest BCUT2D eigenvalue weighted by atomic mass is 16.8. The Kier molecular flexibility index (Phi) is 31.7. The molecule has 1 saturated heterocycles. The van der Waals surface area contributed by atoms with Crippen molar-refractivity contribution in [2.75, 3.05) is 97.8 Å². The summed E-state index contributed by atoms with van der Waals surface area (Å²) in [7, 11) is 0. The Balaban J connectivity index is 0.000000906. The van der Waals surface area contributed by atoms with E-state index in [0.29, 0.717) is 92.1 Å². The number of ether oxygens (including phenoxy) is 7. The maximum atomic E-state index is 9.38. The monoisotopic (exact) mass is 814 g/mol. The molecule has 1 aliphatic carbocycles. The lowest BCUT2D eigenvalue weighted by molar-refractivity contribution is -0.309. The van der Waals surface area contributed by atoms with E-state index in [2.05, 4.69) is 31.0 Å². The number of aliphatic hydroxyl groups excluding tert-OH is 2. The summed E-state index contributed by atoms with van der Waals surface area (Å²) >= 11 is 0. The Hall–Kier alpha value is -3.17. The van der Waals surface area contributed by atoms with Crippen LogP contribution in [0.15, 0.2) is 59.6 Å². The van der Waals surface area contributed by atoms with Crippen molar-refractivity contribution in [2.24, 2.45) is 0 Å². The number of aliphatic hydroxyl groups is 2. The summed E-state index contributed by atoms with van der Waals surface area (Å²) in [6.07, 6.45) is 6.68. The molecular weight excluding hydrogens is 744 g/mol. The average Bonchev–Trinajstić information content (AvgIpc) is 4.06. The number of hydroxylamine groups is 3. The van der Waals surface area contributed by atoms with Crippen LogP contribution in [-0.2, 0) is 38.0 Å². The molecule has 17 heteroatoms. The quantitative estimate of drug-likeness (QED) is 0.0167. The minimum absolute atomic E-state index is 0.0630. The largest absolute Gasteiger partial charge is 0.508 e. The number of benzene rings is 1. The van der Waals surface area contributed by atoms with E-state index in [4.69, 9.17) is 58.9 Å². The van der Waals surface area contributed by atoms with Gasteiger partial charge in [0, 0.05) is 30.4 Å². The SMILES string of the molecule is C=C(CC)NOC(CCOCCOCCOCCOCCOCCOC/C(=C/Nc1ccc(O)cc1)CCC)=C1CC1.C=N.OC1COC(CCN(O)O)CC1O. The van der Waals surface area contributed by atoms with Crippen molar-refractivity contribution in [1.82, 2.24) is 10.7 Å². The molecule has 0 aromatic heterocycles. The van der Waals surface area contributed by atoms with Gasteiger partial charge in [0.1, 0.15) is 17.6 Å². The molecule has 2 fully saturated rings. The standard InChI is InChI=1S/C32H52N2O8.C7H15NO5.CH3N/c1-4-6-28(25-33-30-9-11-31(35)12-10-30)26-41-24-23-40-22-21-39-20-19-38-18-17-37-16-15-36-14-13-32(29-7-8-29)42-34-27(3)5-2;9-6-3-5(1-2-8(11)12)13-4-7(6)10;1-2/h9-12,25,33-35H,3-8,13-24,26H2,1-2H3;5-7,9-12H,1-4H2;2H,1H2/b28-25+;;. The van der Waals surface area contributed by atoms with Crippen LogP contribution in [0.1, 0.15) is 65.2 Å². The minimum Gasteiger partial charge on any atom is -0.508 e. The molecule has 57 heavy (non-hydrogen) atoms. The lowest BCUT2D eigenvalue weighted by atomic mass is 10.0. The summed E-state index contributed by atoms with van der Waals surface area (Å²) in [5.41, 5.74) is 7.22. The van der Waals surface area contributed by atoms with Crippen LogP contribution in [0.25, 0.3) is 0 Å². The van der Waals surface area contributed by atoms with E-state index in [-0.39, 0.29) is 30.2 Å². The summed E-state index contributed by atoms with van der Waals surface area (Å²) in [4.78, 5) is 5.66. The van der Waals surface area contributed by atoms with E-state index < -0.39 is 12.2 Å². The fourth-order valence-electron chi connectivity index (χ4n) is 4.87. The van der Waals surface area contributed by atoms with Gasteiger partial charge < -0.3 is 64.0 Å². The zero-order valence-corrected chi connectivity index (χ0v) is 34.0. The Morgan fingerprint density at radius 2 is 1.37 bits per heavy atom. The maximum absolute atomic E-state index is 9.38. The highest BCUT2D eigenvalue weighted by Crippen LogP contribution is 2.33. The summed E-state index contributed by atoms with van der Waals surface area (Å²) in [6.45, 7) is 17.1. The maximum Gasteiger partial charge on any atom is 0.133 e. The zero-order chi connectivity index (χ0) is 41.9. The Morgan fingerprint density at radius 3 is 1.86 bits per heavy atom. The summed E-state index contributed by atoms with van der Waals surface area (Å²) in [5, 5.41) is 53.4. The molecule has 1 aliphatic heterocycles. The van der Waals surface area contributed by atoms with Gasteiger partial charge in [-0.1, -0.05) is 32.1 Å². The molecule has 1 aromatic carbocycles. The van der Waals surface area contributed by atoms with Gasteiger partial charge in [0.2, 0.25) is 0 Å². The number of phenolic OH excluding ortho intramolecular Hbond substituents is 1. The molecule has 1 heterocycles. The first-order valence-corrected chi connectivity index (χ1v) is 19.7. The Bertz CT molecular complexity index is 1200. The normalized spacial score (nSPS) is 17.6. The first kappa shape index (κ1) is 51.8. The highest BCUT2D eigenvalue weighted by molar-refractivity contribution is 5.48. The van der Waals surface area contributed by atoms with E-state index >= 15 is 0 Å². The molecule has 1 aromatic rings. The number of hydrogen-bond donors (Lipinski definition) is 8. The molecule has 17 nitrogen and oxygen atoms in total. The summed E-state index contributed by atoms with van der Waals surface area (Å²) in [5.74, 6) is 1.23. The van der Waals surface area contributed by atoms with Crippen LogP contribution in [0.3, 0.4) is 0 Å². The first-order chi connectivity index (χ1) is 27.7. The van der Waals surface area contributed by atoms with Crippen molar-refractivity contribution in [3.8, 4) is 5.75 Å². The van der Waals surface area contributed by atoms with Gasteiger partial charge in [-0.25, -0.2) is 5.48 Å². The highest BCUT2D eigenvalue weighted by Gasteiger charge is 2.28. The Morgan fingerprint density at radius 1 is 0.825 bits per heavy atom. The number of allylic oxidation sites excluding steroid dienone is 2. The van der Waals surface area contributed by atoms with Crippen LogP contribution in [0.2, 0.25) is 0 Å². The number of anilines is 1. The predicted molar refractivity (Wildman–Crippen MR) is 215 cm³/mol. The van der Waals surface area contributed by atoms with Gasteiger partial charge in [-0.05, 0) is 74.2 Å². The average molecular weight is 815 g/mol. The lowest BCUT2D eigenvalue weighted by Gasteiger charge is -2.30. The van der Waals surface area contributed by atoms with Crippen LogP contribution in [0.4, 0.5) is 5.69 Å². The van der Waals surface area contributed by atoms with Crippen molar-refractivity contribution in [3.05, 3.63) is 59.6 Å². The van der Waals surface area contributed by atoms with E-state index in [9.17, 15) is 10.2 Å². The summed E-state index contributed by atoms with van der Waals surface area (Å²) in [6, 6.07) is 6.97. The van der Waals surface area contributed by atoms with Crippen LogP contribution < -0.4 is 10.8 Å². The smallest absolute Gasteiger partial charge is 0.133 e. The molecule has 328 valence electrons. The molecule has 3 atom stereocenters. The van der Waals surface area contributed by atoms with Gasteiger partial charge >= 0.3 is 0 Å². The van der Waals surface area contributed by atoms with Crippen molar-refractivity contribution >= 4 is 12.4 Å². The van der Waals surface area contributed by atoms with E-state index in [0.717, 1.165) is 55.7 Å². The molecule has 3 rings (SSSR count). The second kappa shape index (κ2) is 34.8. The van der Waals surface area contributed by atoms with Crippen LogP contribution in [0.5, 0.6) is 5.75 Å². The van der Waals surface area contributed by atoms with Gasteiger partial charge in [0.25, 0.3) is 0 Å². The Labute approximate surface area is 338 Å². The van der Waals surface area contributed by atoms with Crippen LogP contribution in [-0.4, -0.2) is 148 Å². The molecule has 0 bridgehead atoms. The molecule has 0 amide bonds. The van der Waals surface area contributed by atoms with Crippen molar-refractivity contribution in [2.45, 2.75) is 83.5 Å². The fourth-order valence-corrected chi connectivity index (χ4v) is 4.87. The van der Waals surface area contributed by atoms with Gasteiger partial charge in [-0.3, -0.25) is 10.4 Å². The predicted octanol–water partition coefficient (Wildman–Crippen LogP) is 4.70. The molecule has 8 N–H and O–H groups in total. The van der Waals surface area contributed by atoms with E-state index in [1.54, 1.807) is 12.1 Å². The molecule has 1 saturated carbocycles. The fraction of sp³-hybridized carbons (Fsp3) is 0.675. The second-order valence-electron chi connectivity index (χ2n) is 13.0. The minimum atomic E-state index is -0.824. The molecular formula is C40H70N4O13. The van der Waals surface area contributed by atoms with Gasteiger partial charge in [-0.2, -0.15) is 0 Å². The van der Waals surface area contributed by atoms with Gasteiger partial charge in [0.05, 0.1) is 105 Å². The molecule has 0 spiro atoms. The number of rotatable bonds is 31. The van der Waals surface area contributed by atoms with Crippen LogP contribution >= 0.6 is 0 Å². The van der Waals surface area contributed by atoms with Crippen molar-refractivity contribution < 1.29 is 63.7 Å². The van der Waals surface area contributed by atoms with Crippen LogP contribution in [0, 0.1) is 5.41 Å². The number of phenols is 1. The topological polar surface area (TPSA) is 226 Å². The molecule has 2 aliphatic rings. The van der Waals surface area contributed by atoms with E-state index in [1.807, 2.05) is 25.3 Å². The van der Waals surface area contributed by atoms with Gasteiger partial charge in [-0.15, -0.1) is 0 Å².